The van der Waals surface area contributed by atoms with Gasteiger partial charge in [0.2, 0.25) is 0 Å². The minimum Gasteiger partial charge on any atom is -0.481 e. The minimum absolute atomic E-state index is 0.226. The molecule has 0 unspecified atom stereocenters. The number of carbonyl (C=O) groups excluding carboxylic acids is 1. The van der Waals surface area contributed by atoms with Crippen LogP contribution in [0.1, 0.15) is 104 Å². The number of carboxylic acid groups (broad SMARTS) is 1. The van der Waals surface area contributed by atoms with Gasteiger partial charge in [0.15, 0.2) is 0 Å². The monoisotopic (exact) mass is 312 g/mol. The first-order chi connectivity index (χ1) is 10.6. The molecule has 0 aliphatic rings. The maximum absolute atomic E-state index is 11.8. The second-order valence-electron chi connectivity index (χ2n) is 6.69. The smallest absolute Gasteiger partial charge is 0.303 e. The molecule has 0 fully saturated rings. The fourth-order valence-corrected chi connectivity index (χ4v) is 2.73. The van der Waals surface area contributed by atoms with E-state index >= 15 is 0 Å². The zero-order valence-electron chi connectivity index (χ0n) is 14.7. The number of carboxylic acids is 1. The third-order valence-electron chi connectivity index (χ3n) is 4.31. The molecule has 0 spiro atoms. The molecular weight excluding hydrogens is 276 g/mol. The zero-order chi connectivity index (χ0) is 16.6. The molecule has 0 saturated heterocycles. The molecule has 130 valence electrons. The van der Waals surface area contributed by atoms with E-state index in [0.717, 1.165) is 19.3 Å². The van der Waals surface area contributed by atoms with Crippen molar-refractivity contribution in [1.29, 1.82) is 0 Å². The maximum atomic E-state index is 11.8. The molecule has 0 aromatic rings. The Hall–Kier alpha value is -0.860. The van der Waals surface area contributed by atoms with E-state index in [1.807, 2.05) is 0 Å². The molecule has 22 heavy (non-hydrogen) atoms. The Kier molecular flexibility index (Phi) is 14.5. The van der Waals surface area contributed by atoms with Gasteiger partial charge >= 0.3 is 5.97 Å². The predicted molar refractivity (Wildman–Crippen MR) is 92.1 cm³/mol. The van der Waals surface area contributed by atoms with E-state index in [0.29, 0.717) is 31.0 Å². The third kappa shape index (κ3) is 15.5. The van der Waals surface area contributed by atoms with E-state index in [2.05, 4.69) is 13.8 Å². The Bertz CT molecular complexity index is 286. The molecule has 3 nitrogen and oxygen atoms in total. The van der Waals surface area contributed by atoms with E-state index in [1.54, 1.807) is 0 Å². The van der Waals surface area contributed by atoms with Gasteiger partial charge in [-0.1, -0.05) is 65.2 Å². The van der Waals surface area contributed by atoms with E-state index in [1.165, 1.54) is 44.9 Å². The lowest BCUT2D eigenvalue weighted by molar-refractivity contribution is -0.137. The number of ketones is 1. The van der Waals surface area contributed by atoms with Gasteiger partial charge in [-0.25, -0.2) is 0 Å². The minimum atomic E-state index is -0.741. The van der Waals surface area contributed by atoms with Crippen LogP contribution in [-0.2, 0) is 9.59 Å². The van der Waals surface area contributed by atoms with Crippen LogP contribution >= 0.6 is 0 Å². The average molecular weight is 312 g/mol. The van der Waals surface area contributed by atoms with Gasteiger partial charge in [-0.15, -0.1) is 0 Å². The number of hydrogen-bond acceptors (Lipinski definition) is 2. The summed E-state index contributed by atoms with van der Waals surface area (Å²) >= 11 is 0. The lowest BCUT2D eigenvalue weighted by atomic mass is 9.95. The quantitative estimate of drug-likeness (QED) is 0.369. The van der Waals surface area contributed by atoms with Crippen molar-refractivity contribution in [1.82, 2.24) is 0 Å². The van der Waals surface area contributed by atoms with Gasteiger partial charge in [-0.2, -0.15) is 0 Å². The van der Waals surface area contributed by atoms with Gasteiger partial charge in [-0.3, -0.25) is 9.59 Å². The van der Waals surface area contributed by atoms with Gasteiger partial charge in [-0.05, 0) is 25.2 Å². The molecule has 0 bridgehead atoms. The molecule has 0 rings (SSSR count). The van der Waals surface area contributed by atoms with Crippen molar-refractivity contribution >= 4 is 11.8 Å². The first-order valence-electron chi connectivity index (χ1n) is 9.29. The highest BCUT2D eigenvalue weighted by Crippen LogP contribution is 2.17. The van der Waals surface area contributed by atoms with Crippen LogP contribution in [0.15, 0.2) is 0 Å². The van der Waals surface area contributed by atoms with Crippen LogP contribution in [0.4, 0.5) is 0 Å². The van der Waals surface area contributed by atoms with Gasteiger partial charge in [0.1, 0.15) is 5.78 Å². The molecular formula is C19H36O3. The van der Waals surface area contributed by atoms with Crippen LogP contribution in [0.25, 0.3) is 0 Å². The van der Waals surface area contributed by atoms with Crippen LogP contribution < -0.4 is 0 Å². The SMILES string of the molecule is CCCCCCCC[C@H](C)CCC(=O)CCCCCC(=O)O. The molecule has 0 heterocycles. The first kappa shape index (κ1) is 21.1. The standard InChI is InChI=1S/C19H36O3/c1-3-4-5-6-7-9-12-17(2)15-16-18(20)13-10-8-11-14-19(21)22/h17H,3-16H2,1-2H3,(H,21,22)/t17-/m0/s1. The lowest BCUT2D eigenvalue weighted by Gasteiger charge is -2.10. The number of aliphatic carboxylic acids is 1. The van der Waals surface area contributed by atoms with Crippen molar-refractivity contribution in [3.05, 3.63) is 0 Å². The number of Topliss-reactive ketones (excluding diaryl/α,β-unsaturated/α-hetero) is 1. The summed E-state index contributed by atoms with van der Waals surface area (Å²) in [5, 5.41) is 8.53. The number of rotatable bonds is 16. The van der Waals surface area contributed by atoms with E-state index < -0.39 is 5.97 Å². The molecule has 1 atom stereocenters. The number of carbonyl (C=O) groups is 2. The van der Waals surface area contributed by atoms with E-state index in [-0.39, 0.29) is 6.42 Å². The number of unbranched alkanes of at least 4 members (excludes halogenated alkanes) is 7. The fraction of sp³-hybridized carbons (Fsp3) is 0.895. The summed E-state index contributed by atoms with van der Waals surface area (Å²) in [5.74, 6) is 0.266. The predicted octanol–water partition coefficient (Wildman–Crippen LogP) is 5.76. The van der Waals surface area contributed by atoms with Gasteiger partial charge in [0.25, 0.3) is 0 Å². The van der Waals surface area contributed by atoms with Crippen LogP contribution in [0.5, 0.6) is 0 Å². The summed E-state index contributed by atoms with van der Waals surface area (Å²) in [5.41, 5.74) is 0. The Morgan fingerprint density at radius 3 is 2.05 bits per heavy atom. The lowest BCUT2D eigenvalue weighted by Crippen LogP contribution is -2.03. The third-order valence-corrected chi connectivity index (χ3v) is 4.31. The first-order valence-corrected chi connectivity index (χ1v) is 9.29. The molecule has 0 aliphatic carbocycles. The number of hydrogen-bond donors (Lipinski definition) is 1. The highest BCUT2D eigenvalue weighted by atomic mass is 16.4. The Morgan fingerprint density at radius 1 is 0.773 bits per heavy atom. The molecule has 0 radical (unpaired) electrons. The zero-order valence-corrected chi connectivity index (χ0v) is 14.7. The fourth-order valence-electron chi connectivity index (χ4n) is 2.73. The van der Waals surface area contributed by atoms with Crippen LogP contribution in [0.3, 0.4) is 0 Å². The summed E-state index contributed by atoms with van der Waals surface area (Å²) in [6.07, 6.45) is 14.2. The van der Waals surface area contributed by atoms with Gasteiger partial charge in [0, 0.05) is 19.3 Å². The van der Waals surface area contributed by atoms with Crippen molar-refractivity contribution < 1.29 is 14.7 Å². The molecule has 0 aromatic carbocycles. The molecule has 0 aliphatic heterocycles. The van der Waals surface area contributed by atoms with E-state index in [4.69, 9.17) is 5.11 Å². The molecule has 3 heteroatoms. The Balaban J connectivity index is 3.39. The summed E-state index contributed by atoms with van der Waals surface area (Å²) in [4.78, 5) is 22.1. The van der Waals surface area contributed by atoms with Crippen molar-refractivity contribution in [2.24, 2.45) is 5.92 Å². The topological polar surface area (TPSA) is 54.4 Å². The highest BCUT2D eigenvalue weighted by molar-refractivity contribution is 5.78. The molecule has 0 amide bonds. The van der Waals surface area contributed by atoms with Gasteiger partial charge in [0.05, 0.1) is 0 Å². The maximum Gasteiger partial charge on any atom is 0.303 e. The summed E-state index contributed by atoms with van der Waals surface area (Å²) in [6, 6.07) is 0. The summed E-state index contributed by atoms with van der Waals surface area (Å²) < 4.78 is 0. The van der Waals surface area contributed by atoms with Gasteiger partial charge < -0.3 is 5.11 Å². The second kappa shape index (κ2) is 15.1. The van der Waals surface area contributed by atoms with E-state index in [9.17, 15) is 9.59 Å². The Morgan fingerprint density at radius 2 is 1.36 bits per heavy atom. The average Bonchev–Trinajstić information content (AvgIpc) is 2.48. The summed E-state index contributed by atoms with van der Waals surface area (Å²) in [6.45, 7) is 4.50. The van der Waals surface area contributed by atoms with Crippen molar-refractivity contribution in [3.8, 4) is 0 Å². The second-order valence-corrected chi connectivity index (χ2v) is 6.69. The molecule has 0 saturated carbocycles. The van der Waals surface area contributed by atoms with Crippen LogP contribution in [-0.4, -0.2) is 16.9 Å². The van der Waals surface area contributed by atoms with Crippen molar-refractivity contribution in [2.75, 3.05) is 0 Å². The Labute approximate surface area is 136 Å². The van der Waals surface area contributed by atoms with Crippen LogP contribution in [0.2, 0.25) is 0 Å². The molecule has 0 aromatic heterocycles. The van der Waals surface area contributed by atoms with Crippen molar-refractivity contribution in [3.63, 3.8) is 0 Å². The van der Waals surface area contributed by atoms with Crippen LogP contribution in [0, 0.1) is 5.92 Å². The normalized spacial score (nSPS) is 12.3. The van der Waals surface area contributed by atoms with Crippen molar-refractivity contribution in [2.45, 2.75) is 104 Å². The largest absolute Gasteiger partial charge is 0.481 e. The molecule has 1 N–H and O–H groups in total. The highest BCUT2D eigenvalue weighted by Gasteiger charge is 2.07. The summed E-state index contributed by atoms with van der Waals surface area (Å²) in [7, 11) is 0.